The van der Waals surface area contributed by atoms with Gasteiger partial charge in [-0.3, -0.25) is 66.2 Å². The van der Waals surface area contributed by atoms with Crippen molar-refractivity contribution in [3.8, 4) is 103 Å². The number of ketones is 5. The number of hydrogen-bond acceptors (Lipinski definition) is 30. The molecule has 0 saturated carbocycles. The van der Waals surface area contributed by atoms with Crippen LogP contribution < -0.4 is 47.4 Å². The molecule has 1 N–H and O–H groups in total. The van der Waals surface area contributed by atoms with Crippen molar-refractivity contribution in [1.29, 1.82) is 0 Å². The number of thiazole rings is 5. The third-order valence-electron chi connectivity index (χ3n) is 23.2. The number of allylic oxidation sites excluding steroid dienone is 5. The van der Waals surface area contributed by atoms with Crippen molar-refractivity contribution < 1.29 is 90.7 Å². The van der Waals surface area contributed by atoms with Crippen LogP contribution in [0.4, 0.5) is 15.8 Å². The first-order valence-electron chi connectivity index (χ1n) is 44.5. The molecule has 730 valence electrons. The highest BCUT2D eigenvalue weighted by atomic mass is 35.5. The van der Waals surface area contributed by atoms with Crippen molar-refractivity contribution in [1.82, 2.24) is 46.9 Å². The number of aryl methyl sites for hydroxylation is 6. The molecule has 0 bridgehead atoms. The predicted octanol–water partition coefficient (Wildman–Crippen LogP) is 24.4. The summed E-state index contributed by atoms with van der Waals surface area (Å²) in [6.45, 7) is 12.3. The van der Waals surface area contributed by atoms with E-state index in [-0.39, 0.29) is 90.7 Å². The zero-order valence-electron chi connectivity index (χ0n) is 77.4. The van der Waals surface area contributed by atoms with Gasteiger partial charge in [0.15, 0.2) is 111 Å². The molecule has 5 aliphatic heterocycles. The molecule has 40 heteroatoms. The Hall–Kier alpha value is -16.9. The summed E-state index contributed by atoms with van der Waals surface area (Å²) >= 11 is 19.7. The summed E-state index contributed by atoms with van der Waals surface area (Å²) in [6.07, 6.45) is 26.1. The number of aliphatic hydroxyl groups excluding tert-OH is 1. The molecule has 0 amide bonds. The molecule has 0 aliphatic carbocycles. The number of imidazole rings is 5. The van der Waals surface area contributed by atoms with Crippen LogP contribution in [-0.2, 0) is 6.61 Å². The molecule has 0 saturated heterocycles. The summed E-state index contributed by atoms with van der Waals surface area (Å²) in [6, 6.07) is 48.3. The maximum absolute atomic E-state index is 13.3. The SMILES string of the molecule is Cc1cn2c(/C=C/C(=O)c3ccc4c(c3)OCO4)c(-c3ccc(CO)c([N+](=O)[O-])c3)nc2s1.Cc1cn2c(/C=C/C(=O)c3ccc4c(c3)OCO4)c(-c3ccc(Cl)c([N+](=O)[O-])c3)nc2s1.Cc1cn2c(/C=C/C(=O)c3ccc4c(c3)OCO4)c(-c3ccc(Cl)cc3)nc2s1.Cc1cn2c(/C=C/C(=O)c3ccc4c(c3)OCO4)c(-c3ccc(F)cc3)nc2s1.Cc1cn2c(/C=C/C(=O)c3ccc4c(c3)OCO4)c(C)nc2s1. The van der Waals surface area contributed by atoms with Gasteiger partial charge in [-0.05, 0) is 242 Å². The number of nitrogens with zero attached hydrogens (tertiary/aromatic N) is 12. The third-order valence-corrected chi connectivity index (χ3v) is 28.3. The second-order valence-electron chi connectivity index (χ2n) is 33.0. The van der Waals surface area contributed by atoms with Gasteiger partial charge in [0.05, 0.1) is 79.0 Å². The number of nitro benzene ring substituents is 2. The van der Waals surface area contributed by atoms with E-state index in [1.807, 2.05) is 131 Å². The molecule has 0 fully saturated rings. The smallest absolute Gasteiger partial charge is 0.288 e. The third kappa shape index (κ3) is 20.4. The minimum Gasteiger partial charge on any atom is -0.454 e. The highest BCUT2D eigenvalue weighted by Gasteiger charge is 2.28. The molecule has 5 aliphatic rings. The number of hydrogen-bond donors (Lipinski definition) is 1. The van der Waals surface area contributed by atoms with E-state index in [1.165, 1.54) is 82.2 Å². The Morgan fingerprint density at radius 1 is 0.342 bits per heavy atom. The lowest BCUT2D eigenvalue weighted by Gasteiger charge is -2.04. The molecule has 0 radical (unpaired) electrons. The van der Waals surface area contributed by atoms with Crippen molar-refractivity contribution in [2.45, 2.75) is 48.1 Å². The normalized spacial score (nSPS) is 12.9. The summed E-state index contributed by atoms with van der Waals surface area (Å²) in [5, 5.41) is 32.9. The van der Waals surface area contributed by atoms with E-state index >= 15 is 0 Å². The van der Waals surface area contributed by atoms with E-state index in [0.29, 0.717) is 140 Å². The minimum atomic E-state index is -0.535. The Morgan fingerprint density at radius 2 is 0.603 bits per heavy atom. The van der Waals surface area contributed by atoms with E-state index in [2.05, 4.69) is 15.0 Å². The number of aromatic nitrogens is 10. The molecule has 19 aromatic rings. The number of nitro groups is 2. The summed E-state index contributed by atoms with van der Waals surface area (Å²) < 4.78 is 76.1. The molecule has 15 heterocycles. The van der Waals surface area contributed by atoms with E-state index in [1.54, 1.807) is 180 Å². The summed E-state index contributed by atoms with van der Waals surface area (Å²) in [5.74, 6) is 4.85. The number of halogens is 3. The second kappa shape index (κ2) is 41.2. The van der Waals surface area contributed by atoms with Gasteiger partial charge in [0, 0.05) is 123 Å². The number of carbonyl (C=O) groups excluding carboxylic acids is 5. The Bertz CT molecular complexity index is 8490. The van der Waals surface area contributed by atoms with Crippen molar-refractivity contribution in [3.63, 3.8) is 0 Å². The van der Waals surface area contributed by atoms with E-state index in [4.69, 9.17) is 80.5 Å². The van der Waals surface area contributed by atoms with E-state index in [9.17, 15) is 53.7 Å². The number of rotatable bonds is 22. The Balaban J connectivity index is 0.000000111. The first-order chi connectivity index (χ1) is 70.6. The van der Waals surface area contributed by atoms with Gasteiger partial charge in [0.1, 0.15) is 10.8 Å². The highest BCUT2D eigenvalue weighted by Crippen LogP contribution is 2.43. The van der Waals surface area contributed by atoms with Crippen LogP contribution in [0.25, 0.3) is 100 Å². The Kier molecular flexibility index (Phi) is 27.3. The van der Waals surface area contributed by atoms with Gasteiger partial charge in [-0.15, -0.1) is 56.7 Å². The Morgan fingerprint density at radius 3 is 0.911 bits per heavy atom. The average Bonchev–Trinajstić information content (AvgIpc) is 1.62. The van der Waals surface area contributed by atoms with Crippen LogP contribution >= 0.6 is 79.9 Å². The van der Waals surface area contributed by atoms with Gasteiger partial charge < -0.3 is 52.5 Å². The van der Waals surface area contributed by atoms with Crippen LogP contribution in [0.3, 0.4) is 0 Å². The van der Waals surface area contributed by atoms with Gasteiger partial charge in [0.2, 0.25) is 34.0 Å². The van der Waals surface area contributed by atoms with Gasteiger partial charge in [-0.25, -0.2) is 29.3 Å². The van der Waals surface area contributed by atoms with Crippen LogP contribution in [0.5, 0.6) is 57.5 Å². The topological polar surface area (TPSA) is 371 Å². The van der Waals surface area contributed by atoms with E-state index < -0.39 is 16.5 Å². The summed E-state index contributed by atoms with van der Waals surface area (Å²) in [5.41, 5.74) is 12.4. The first-order valence-corrected chi connectivity index (χ1v) is 49.3. The van der Waals surface area contributed by atoms with Crippen molar-refractivity contribution in [2.24, 2.45) is 0 Å². The fourth-order valence-electron chi connectivity index (χ4n) is 16.2. The standard InChI is InChI=1S/C23H17N3O6S.C22H14ClN3O5S.C22H15ClN2O3S.C22H15FN2O3S.C17H14N2O3S/c1-13-10-25-17(5-6-19(28)14-4-7-20-21(9-14)32-12-31-20)22(24-23(25)33-13)15-2-3-16(11-27)18(8-15)26(29)30;1-12-10-25-16(5-6-18(27)13-3-7-19-20(9-13)31-11-30-19)21(24-22(25)32-12)14-2-4-15(23)17(8-14)26(28)29;2*1-13-11-25-17(21(24-22(25)29-13)14-2-5-16(23)6-3-14)7-8-18(26)15-4-9-19-20(10-15)28-12-27-19;1-10-8-19-13(11(2)18-17(19)23-10)4-5-14(20)12-3-6-15-16(7-12)22-9-21-15/h2-10,27H,11-12H2,1H3;2-10H,11H2,1H3;2*2-11H,12H2,1H3;3-8H,9H2,1-2H3/b2*6-5+;2*8-7+;5-4+. The predicted molar refractivity (Wildman–Crippen MR) is 554 cm³/mol. The highest BCUT2D eigenvalue weighted by molar-refractivity contribution is 7.18. The second-order valence-corrected chi connectivity index (χ2v) is 39.9. The van der Waals surface area contributed by atoms with Crippen LogP contribution in [0.15, 0.2) is 237 Å². The average molecular weight is 2090 g/mol. The number of carbonyl (C=O) groups is 5. The van der Waals surface area contributed by atoms with E-state index in [0.717, 1.165) is 74.0 Å². The quantitative estimate of drug-likeness (QED) is 0.0285. The zero-order chi connectivity index (χ0) is 101. The monoisotopic (exact) mass is 2080 g/mol. The van der Waals surface area contributed by atoms with Crippen LogP contribution in [0.2, 0.25) is 10.0 Å². The molecule has 0 atom stereocenters. The van der Waals surface area contributed by atoms with Crippen molar-refractivity contribution in [3.05, 3.63) is 365 Å². The molecule has 0 spiro atoms. The van der Waals surface area contributed by atoms with Crippen molar-refractivity contribution in [2.75, 3.05) is 34.0 Å². The molecule has 0 unspecified atom stereocenters. The molecule has 9 aromatic carbocycles. The van der Waals surface area contributed by atoms with Crippen LogP contribution in [0, 0.1) is 67.6 Å². The molecule has 10 aromatic heterocycles. The number of benzene rings is 9. The first kappa shape index (κ1) is 96.6. The molecule has 146 heavy (non-hydrogen) atoms. The summed E-state index contributed by atoms with van der Waals surface area (Å²) in [7, 11) is 0. The lowest BCUT2D eigenvalue weighted by Crippen LogP contribution is -1.97. The lowest BCUT2D eigenvalue weighted by molar-refractivity contribution is -0.385. The van der Waals surface area contributed by atoms with Gasteiger partial charge in [-0.1, -0.05) is 47.5 Å². The molecular formula is C106H75Cl2FN12O20S5. The van der Waals surface area contributed by atoms with Crippen LogP contribution in [0.1, 0.15) is 116 Å². The zero-order valence-corrected chi connectivity index (χ0v) is 83.0. The molecular weight excluding hydrogens is 2010 g/mol. The van der Waals surface area contributed by atoms with Gasteiger partial charge >= 0.3 is 0 Å². The Labute approximate surface area is 856 Å². The molecule has 32 nitrogen and oxygen atoms in total. The largest absolute Gasteiger partial charge is 0.454 e. The fraction of sp³-hybridized carbons (Fsp3) is 0.113. The minimum absolute atomic E-state index is 0.0469. The lowest BCUT2D eigenvalue weighted by atomic mass is 10.0. The maximum Gasteiger partial charge on any atom is 0.288 e. The van der Waals surface area contributed by atoms with Crippen molar-refractivity contribution >= 4 is 175 Å². The van der Waals surface area contributed by atoms with Crippen LogP contribution in [-0.4, -0.2) is 125 Å². The fourth-order valence-corrected chi connectivity index (χ4v) is 20.7. The molecule has 24 rings (SSSR count). The van der Waals surface area contributed by atoms with Gasteiger partial charge in [-0.2, -0.15) is 0 Å². The van der Waals surface area contributed by atoms with Gasteiger partial charge in [0.25, 0.3) is 11.4 Å². The summed E-state index contributed by atoms with van der Waals surface area (Å²) in [4.78, 5) is 118. The number of aliphatic hydroxyl groups is 1. The maximum atomic E-state index is 13.3. The number of fused-ring (bicyclic) bond motifs is 10. The number of ether oxygens (including phenoxy) is 10.